The van der Waals surface area contributed by atoms with Crippen molar-refractivity contribution in [1.82, 2.24) is 0 Å². The zero-order valence-corrected chi connectivity index (χ0v) is 11.3. The van der Waals surface area contributed by atoms with Gasteiger partial charge < -0.3 is 14.2 Å². The Kier molecular flexibility index (Phi) is 5.81. The summed E-state index contributed by atoms with van der Waals surface area (Å²) in [5, 5.41) is 0. The number of carbonyl (C=O) groups is 3. The maximum atomic E-state index is 13.4. The number of esters is 3. The van der Waals surface area contributed by atoms with Crippen LogP contribution in [0.4, 0.5) is 26.3 Å². The second kappa shape index (κ2) is 6.40. The topological polar surface area (TPSA) is 78.9 Å². The highest BCUT2D eigenvalue weighted by molar-refractivity contribution is 5.67. The fourth-order valence-corrected chi connectivity index (χ4v) is 1.34. The van der Waals surface area contributed by atoms with Crippen molar-refractivity contribution >= 4 is 17.9 Å². The van der Waals surface area contributed by atoms with Crippen LogP contribution in [0, 0.1) is 5.92 Å². The number of alkyl halides is 6. The van der Waals surface area contributed by atoms with Crippen LogP contribution in [0.2, 0.25) is 0 Å². The van der Waals surface area contributed by atoms with Gasteiger partial charge in [-0.3, -0.25) is 14.4 Å². The third-order valence-electron chi connectivity index (χ3n) is 1.85. The van der Waals surface area contributed by atoms with E-state index in [1.165, 1.54) is 0 Å². The average Bonchev–Trinajstić information content (AvgIpc) is 2.05. The van der Waals surface area contributed by atoms with Crippen LogP contribution < -0.4 is 0 Å². The van der Waals surface area contributed by atoms with Gasteiger partial charge in [-0.05, 0) is 0 Å². The van der Waals surface area contributed by atoms with Crippen molar-refractivity contribution in [3.63, 3.8) is 0 Å². The first-order valence-corrected chi connectivity index (χ1v) is 5.34. The zero-order chi connectivity index (χ0) is 17.9. The van der Waals surface area contributed by atoms with Gasteiger partial charge in [-0.25, -0.2) is 0 Å². The van der Waals surface area contributed by atoms with Crippen molar-refractivity contribution in [3.8, 4) is 0 Å². The minimum absolute atomic E-state index is 0.332. The van der Waals surface area contributed by atoms with Crippen LogP contribution in [-0.4, -0.2) is 36.2 Å². The van der Waals surface area contributed by atoms with Gasteiger partial charge in [0.1, 0.15) is 0 Å². The maximum absolute atomic E-state index is 13.4. The van der Waals surface area contributed by atoms with E-state index < -0.39 is 42.2 Å². The summed E-state index contributed by atoms with van der Waals surface area (Å²) in [7, 11) is 0. The van der Waals surface area contributed by atoms with E-state index in [-0.39, 0.29) is 0 Å². The van der Waals surface area contributed by atoms with Gasteiger partial charge in [0.2, 0.25) is 0 Å². The van der Waals surface area contributed by atoms with Gasteiger partial charge in [0, 0.05) is 20.8 Å². The normalized spacial score (nSPS) is 12.8. The third kappa shape index (κ3) is 5.41. The number of rotatable bonds is 6. The Labute approximate surface area is 119 Å². The van der Waals surface area contributed by atoms with Gasteiger partial charge in [0.05, 0.1) is 0 Å². The molecule has 0 saturated heterocycles. The van der Waals surface area contributed by atoms with Crippen molar-refractivity contribution in [3.05, 3.63) is 0 Å². The van der Waals surface area contributed by atoms with Crippen LogP contribution in [0.3, 0.4) is 0 Å². The largest absolute Gasteiger partial charge is 0.422 e. The smallest absolute Gasteiger partial charge is 0.400 e. The molecule has 12 heteroatoms. The van der Waals surface area contributed by atoms with Gasteiger partial charge in [-0.1, -0.05) is 0 Å². The monoisotopic (exact) mass is 340 g/mol. The molecule has 0 N–H and O–H groups in total. The Balaban J connectivity index is 5.92. The van der Waals surface area contributed by atoms with Gasteiger partial charge in [-0.15, -0.1) is 0 Å². The summed E-state index contributed by atoms with van der Waals surface area (Å²) in [6.07, 6.45) is -16.6. The lowest BCUT2D eigenvalue weighted by molar-refractivity contribution is -0.420. The van der Waals surface area contributed by atoms with E-state index in [0.29, 0.717) is 20.8 Å². The van der Waals surface area contributed by atoms with Crippen LogP contribution in [0.15, 0.2) is 0 Å². The molecule has 6 nitrogen and oxygen atoms in total. The van der Waals surface area contributed by atoms with E-state index in [1.807, 2.05) is 0 Å². The molecule has 22 heavy (non-hydrogen) atoms. The third-order valence-corrected chi connectivity index (χ3v) is 1.85. The van der Waals surface area contributed by atoms with E-state index in [2.05, 4.69) is 14.2 Å². The Morgan fingerprint density at radius 3 is 0.955 bits per heavy atom. The van der Waals surface area contributed by atoms with Crippen molar-refractivity contribution in [2.75, 3.05) is 0 Å². The van der Waals surface area contributed by atoms with Crippen LogP contribution in [0.25, 0.3) is 0 Å². The molecule has 0 fully saturated rings. The fraction of sp³-hybridized carbons (Fsp3) is 0.700. The van der Waals surface area contributed by atoms with Crippen LogP contribution in [-0.2, 0) is 28.6 Å². The molecular formula is C10H10F6O6. The van der Waals surface area contributed by atoms with E-state index >= 15 is 0 Å². The van der Waals surface area contributed by atoms with Crippen molar-refractivity contribution in [1.29, 1.82) is 0 Å². The molecule has 128 valence electrons. The summed E-state index contributed by atoms with van der Waals surface area (Å²) in [6, 6.07) is 0. The summed E-state index contributed by atoms with van der Waals surface area (Å²) >= 11 is 0. The zero-order valence-electron chi connectivity index (χ0n) is 11.3. The molecule has 0 radical (unpaired) electrons. The minimum Gasteiger partial charge on any atom is -0.400 e. The Morgan fingerprint density at radius 1 is 0.636 bits per heavy atom. The van der Waals surface area contributed by atoms with Gasteiger partial charge in [-0.2, -0.15) is 26.3 Å². The molecule has 0 rings (SSSR count). The lowest BCUT2D eigenvalue weighted by Gasteiger charge is -2.34. The number of ether oxygens (including phenoxy) is 3. The summed E-state index contributed by atoms with van der Waals surface area (Å²) in [5.74, 6) is -10.2. The predicted molar refractivity (Wildman–Crippen MR) is 53.6 cm³/mol. The van der Waals surface area contributed by atoms with Crippen molar-refractivity contribution < 1.29 is 54.9 Å². The molecule has 0 aromatic heterocycles. The Bertz CT molecular complexity index is 396. The molecule has 0 saturated carbocycles. The molecular weight excluding hydrogens is 330 g/mol. The van der Waals surface area contributed by atoms with Gasteiger partial charge >= 0.3 is 36.2 Å². The average molecular weight is 340 g/mol. The van der Waals surface area contributed by atoms with Crippen LogP contribution in [0.1, 0.15) is 20.8 Å². The molecule has 0 heterocycles. The lowest BCUT2D eigenvalue weighted by Crippen LogP contribution is -2.56. The van der Waals surface area contributed by atoms with E-state index in [0.717, 1.165) is 0 Å². The molecule has 0 bridgehead atoms. The van der Waals surface area contributed by atoms with Crippen LogP contribution >= 0.6 is 0 Å². The standard InChI is InChI=1S/C10H10F6O6/c1-4(17)20-8(11,12)7(9(13,14)21-5(2)18)10(15,16)22-6(3)19/h7H,1-3H3. The Hall–Kier alpha value is -2.01. The first kappa shape index (κ1) is 20.0. The minimum atomic E-state index is -5.52. The molecule has 0 atom stereocenters. The predicted octanol–water partition coefficient (Wildman–Crippen LogP) is 2.07. The van der Waals surface area contributed by atoms with E-state index in [1.54, 1.807) is 0 Å². The first-order valence-electron chi connectivity index (χ1n) is 5.34. The molecule has 0 amide bonds. The molecule has 0 unspecified atom stereocenters. The highest BCUT2D eigenvalue weighted by Crippen LogP contribution is 2.48. The quantitative estimate of drug-likeness (QED) is 0.418. The second-order valence-electron chi connectivity index (χ2n) is 3.90. The highest BCUT2D eigenvalue weighted by atomic mass is 19.3. The molecule has 0 aliphatic carbocycles. The Morgan fingerprint density at radius 2 is 0.818 bits per heavy atom. The molecule has 0 aliphatic heterocycles. The van der Waals surface area contributed by atoms with Gasteiger partial charge in [0.15, 0.2) is 0 Å². The molecule has 0 aliphatic rings. The summed E-state index contributed by atoms with van der Waals surface area (Å²) < 4.78 is 90.0. The fourth-order valence-electron chi connectivity index (χ4n) is 1.34. The molecule has 0 aromatic carbocycles. The number of halogens is 6. The van der Waals surface area contributed by atoms with Crippen LogP contribution in [0.5, 0.6) is 0 Å². The van der Waals surface area contributed by atoms with Crippen molar-refractivity contribution in [2.24, 2.45) is 5.92 Å². The van der Waals surface area contributed by atoms with E-state index in [4.69, 9.17) is 0 Å². The van der Waals surface area contributed by atoms with E-state index in [9.17, 15) is 40.7 Å². The van der Waals surface area contributed by atoms with Crippen molar-refractivity contribution in [2.45, 2.75) is 39.1 Å². The maximum Gasteiger partial charge on any atom is 0.422 e. The SMILES string of the molecule is CC(=O)OC(F)(F)C(C(F)(F)OC(C)=O)C(F)(F)OC(C)=O. The summed E-state index contributed by atoms with van der Waals surface area (Å²) in [6.45, 7) is 0.997. The highest BCUT2D eigenvalue weighted by Gasteiger charge is 2.73. The molecule has 0 spiro atoms. The summed E-state index contributed by atoms with van der Waals surface area (Å²) in [5.41, 5.74) is 0. The number of hydrogen-bond donors (Lipinski definition) is 0. The first-order chi connectivity index (χ1) is 9.62. The lowest BCUT2D eigenvalue weighted by atomic mass is 10.1. The number of hydrogen-bond acceptors (Lipinski definition) is 6. The van der Waals surface area contributed by atoms with Gasteiger partial charge in [0.25, 0.3) is 5.92 Å². The second-order valence-corrected chi connectivity index (χ2v) is 3.90. The summed E-state index contributed by atoms with van der Waals surface area (Å²) in [4.78, 5) is 31.4. The molecule has 0 aromatic rings. The number of carbonyl (C=O) groups excluding carboxylic acids is 3.